The molecule has 0 unspecified atom stereocenters. The van der Waals surface area contributed by atoms with E-state index in [2.05, 4.69) is 4.98 Å². The lowest BCUT2D eigenvalue weighted by molar-refractivity contribution is -0.124. The van der Waals surface area contributed by atoms with E-state index < -0.39 is 0 Å². The third-order valence-corrected chi connectivity index (χ3v) is 3.37. The van der Waals surface area contributed by atoms with Crippen molar-refractivity contribution in [2.45, 2.75) is 6.42 Å². The number of ether oxygens (including phenoxy) is 1. The van der Waals surface area contributed by atoms with Gasteiger partial charge in [0.15, 0.2) is 0 Å². The second-order valence-electron chi connectivity index (χ2n) is 4.98. The first-order chi connectivity index (χ1) is 10.7. The van der Waals surface area contributed by atoms with E-state index in [1.54, 1.807) is 43.6 Å². The van der Waals surface area contributed by atoms with Gasteiger partial charge in [0.25, 0.3) is 0 Å². The van der Waals surface area contributed by atoms with Crippen LogP contribution in [-0.2, 0) is 11.2 Å². The number of carbonyl (C=O) groups is 1. The molecule has 2 rings (SSSR count). The molecule has 0 bridgehead atoms. The monoisotopic (exact) mass is 296 g/mol. The number of likely N-dealkylation sites (N-methyl/N-ethyl adjacent to an activating group) is 1. The molecule has 0 atom stereocenters. The van der Waals surface area contributed by atoms with Gasteiger partial charge in [0.1, 0.15) is 5.75 Å². The summed E-state index contributed by atoms with van der Waals surface area (Å²) in [5.41, 5.74) is 2.09. The molecule has 0 spiro atoms. The summed E-state index contributed by atoms with van der Waals surface area (Å²) >= 11 is 0. The molecule has 1 aromatic heterocycles. The van der Waals surface area contributed by atoms with Gasteiger partial charge in [-0.05, 0) is 41.8 Å². The second kappa shape index (κ2) is 7.98. The van der Waals surface area contributed by atoms with Gasteiger partial charge in [-0.2, -0.15) is 0 Å². The lowest BCUT2D eigenvalue weighted by Gasteiger charge is -2.15. The van der Waals surface area contributed by atoms with Crippen LogP contribution in [-0.4, -0.2) is 36.5 Å². The summed E-state index contributed by atoms with van der Waals surface area (Å²) < 4.78 is 5.13. The van der Waals surface area contributed by atoms with Crippen LogP contribution in [0.1, 0.15) is 11.1 Å². The normalized spacial score (nSPS) is 10.6. The van der Waals surface area contributed by atoms with Crippen molar-refractivity contribution in [2.75, 3.05) is 20.7 Å². The fourth-order valence-corrected chi connectivity index (χ4v) is 1.97. The van der Waals surface area contributed by atoms with Crippen molar-refractivity contribution in [2.24, 2.45) is 0 Å². The Labute approximate surface area is 131 Å². The molecule has 0 aliphatic rings. The third kappa shape index (κ3) is 4.74. The number of methoxy groups -OCH3 is 1. The molecule has 2 aromatic rings. The quantitative estimate of drug-likeness (QED) is 0.770. The van der Waals surface area contributed by atoms with Gasteiger partial charge in [-0.1, -0.05) is 18.2 Å². The SMILES string of the molecule is COc1ccc(CCN(C)C(=O)C=Cc2cccnc2)cc1. The molecule has 1 aromatic carbocycles. The number of carbonyl (C=O) groups excluding carboxylic acids is 1. The molecule has 22 heavy (non-hydrogen) atoms. The predicted molar refractivity (Wildman–Crippen MR) is 87.6 cm³/mol. The van der Waals surface area contributed by atoms with Gasteiger partial charge in [0, 0.05) is 32.1 Å². The van der Waals surface area contributed by atoms with Gasteiger partial charge in [-0.15, -0.1) is 0 Å². The van der Waals surface area contributed by atoms with Crippen molar-refractivity contribution < 1.29 is 9.53 Å². The maximum atomic E-state index is 12.0. The first-order valence-corrected chi connectivity index (χ1v) is 7.15. The number of nitrogens with zero attached hydrogens (tertiary/aromatic N) is 2. The Morgan fingerprint density at radius 2 is 2.05 bits per heavy atom. The number of hydrogen-bond acceptors (Lipinski definition) is 3. The van der Waals surface area contributed by atoms with Crippen LogP contribution >= 0.6 is 0 Å². The zero-order valence-corrected chi connectivity index (χ0v) is 12.9. The molecular weight excluding hydrogens is 276 g/mol. The highest BCUT2D eigenvalue weighted by Crippen LogP contribution is 2.12. The molecule has 0 fully saturated rings. The molecular formula is C18H20N2O2. The molecule has 0 saturated carbocycles. The van der Waals surface area contributed by atoms with Gasteiger partial charge in [-0.25, -0.2) is 0 Å². The minimum absolute atomic E-state index is 0.0163. The Bertz CT molecular complexity index is 621. The lowest BCUT2D eigenvalue weighted by atomic mass is 10.1. The fraction of sp³-hybridized carbons (Fsp3) is 0.222. The molecule has 0 aliphatic heterocycles. The van der Waals surface area contributed by atoms with Crippen LogP contribution in [0.15, 0.2) is 54.9 Å². The Kier molecular flexibility index (Phi) is 5.72. The largest absolute Gasteiger partial charge is 0.497 e. The molecule has 1 amide bonds. The van der Waals surface area contributed by atoms with Gasteiger partial charge in [-0.3, -0.25) is 9.78 Å². The molecule has 114 valence electrons. The summed E-state index contributed by atoms with van der Waals surface area (Å²) in [5, 5.41) is 0. The van der Waals surface area contributed by atoms with Crippen molar-refractivity contribution in [1.29, 1.82) is 0 Å². The van der Waals surface area contributed by atoms with Crippen LogP contribution in [0.2, 0.25) is 0 Å². The van der Waals surface area contributed by atoms with Crippen molar-refractivity contribution in [3.05, 3.63) is 66.0 Å². The van der Waals surface area contributed by atoms with Gasteiger partial charge in [0.2, 0.25) is 5.91 Å². The maximum absolute atomic E-state index is 12.0. The number of rotatable bonds is 6. The smallest absolute Gasteiger partial charge is 0.246 e. The molecule has 4 nitrogen and oxygen atoms in total. The van der Waals surface area contributed by atoms with Crippen LogP contribution < -0.4 is 4.74 Å². The van der Waals surface area contributed by atoms with Crippen molar-refractivity contribution >= 4 is 12.0 Å². The van der Waals surface area contributed by atoms with Crippen LogP contribution in [0.5, 0.6) is 5.75 Å². The van der Waals surface area contributed by atoms with E-state index in [1.807, 2.05) is 36.4 Å². The van der Waals surface area contributed by atoms with E-state index in [0.717, 1.165) is 17.7 Å². The molecule has 0 aliphatic carbocycles. The molecule has 0 radical (unpaired) electrons. The zero-order chi connectivity index (χ0) is 15.8. The summed E-state index contributed by atoms with van der Waals surface area (Å²) in [6.07, 6.45) is 7.60. The highest BCUT2D eigenvalue weighted by Gasteiger charge is 2.05. The second-order valence-corrected chi connectivity index (χ2v) is 4.98. The number of hydrogen-bond donors (Lipinski definition) is 0. The standard InChI is InChI=1S/C18H20N2O2/c1-20(13-11-15-5-8-17(22-2)9-6-15)18(21)10-7-16-4-3-12-19-14-16/h3-10,12,14H,11,13H2,1-2H3. The third-order valence-electron chi connectivity index (χ3n) is 3.37. The predicted octanol–water partition coefficient (Wildman–Crippen LogP) is 2.80. The first kappa shape index (κ1) is 15.8. The average Bonchev–Trinajstić information content (AvgIpc) is 2.58. The zero-order valence-electron chi connectivity index (χ0n) is 12.9. The molecule has 0 N–H and O–H groups in total. The Morgan fingerprint density at radius 3 is 2.68 bits per heavy atom. The van der Waals surface area contributed by atoms with Crippen LogP contribution in [0.4, 0.5) is 0 Å². The highest BCUT2D eigenvalue weighted by molar-refractivity contribution is 5.91. The Hall–Kier alpha value is -2.62. The minimum Gasteiger partial charge on any atom is -0.497 e. The summed E-state index contributed by atoms with van der Waals surface area (Å²) in [4.78, 5) is 17.8. The van der Waals surface area contributed by atoms with E-state index in [-0.39, 0.29) is 5.91 Å². The van der Waals surface area contributed by atoms with Crippen LogP contribution in [0, 0.1) is 0 Å². The minimum atomic E-state index is -0.0163. The summed E-state index contributed by atoms with van der Waals surface area (Å²) in [6, 6.07) is 11.6. The van der Waals surface area contributed by atoms with E-state index in [1.165, 1.54) is 5.56 Å². The summed E-state index contributed by atoms with van der Waals surface area (Å²) in [6.45, 7) is 0.669. The van der Waals surface area contributed by atoms with Gasteiger partial charge >= 0.3 is 0 Å². The van der Waals surface area contributed by atoms with Gasteiger partial charge in [0.05, 0.1) is 7.11 Å². The number of aromatic nitrogens is 1. The van der Waals surface area contributed by atoms with E-state index in [0.29, 0.717) is 6.54 Å². The van der Waals surface area contributed by atoms with Crippen LogP contribution in [0.25, 0.3) is 6.08 Å². The lowest BCUT2D eigenvalue weighted by Crippen LogP contribution is -2.27. The van der Waals surface area contributed by atoms with E-state index in [4.69, 9.17) is 4.74 Å². The van der Waals surface area contributed by atoms with E-state index in [9.17, 15) is 4.79 Å². The van der Waals surface area contributed by atoms with Crippen molar-refractivity contribution in [3.63, 3.8) is 0 Å². The number of benzene rings is 1. The molecule has 1 heterocycles. The van der Waals surface area contributed by atoms with Gasteiger partial charge < -0.3 is 9.64 Å². The van der Waals surface area contributed by atoms with Crippen molar-refractivity contribution in [1.82, 2.24) is 9.88 Å². The summed E-state index contributed by atoms with van der Waals surface area (Å²) in [7, 11) is 3.45. The Morgan fingerprint density at radius 1 is 1.27 bits per heavy atom. The van der Waals surface area contributed by atoms with Crippen molar-refractivity contribution in [3.8, 4) is 5.75 Å². The highest BCUT2D eigenvalue weighted by atomic mass is 16.5. The average molecular weight is 296 g/mol. The van der Waals surface area contributed by atoms with E-state index >= 15 is 0 Å². The maximum Gasteiger partial charge on any atom is 0.246 e. The fourth-order valence-electron chi connectivity index (χ4n) is 1.97. The number of pyridine rings is 1. The summed E-state index contributed by atoms with van der Waals surface area (Å²) in [5.74, 6) is 0.824. The first-order valence-electron chi connectivity index (χ1n) is 7.15. The number of amides is 1. The van der Waals surface area contributed by atoms with Crippen LogP contribution in [0.3, 0.4) is 0 Å². The molecule has 0 saturated heterocycles. The topological polar surface area (TPSA) is 42.4 Å². The molecule has 4 heteroatoms. The Balaban J connectivity index is 1.84.